The van der Waals surface area contributed by atoms with E-state index in [-0.39, 0.29) is 11.7 Å². The zero-order valence-corrected chi connectivity index (χ0v) is 12.6. The highest BCUT2D eigenvalue weighted by Gasteiger charge is 2.25. The largest absolute Gasteiger partial charge is 0.464 e. The fraction of sp³-hybridized carbons (Fsp3) is 0.714. The van der Waals surface area contributed by atoms with Gasteiger partial charge in [0.15, 0.2) is 5.69 Å². The molecule has 0 radical (unpaired) electrons. The van der Waals surface area contributed by atoms with Gasteiger partial charge in [-0.05, 0) is 12.8 Å². The molecule has 1 aromatic rings. The Morgan fingerprint density at radius 2 is 1.95 bits per heavy atom. The van der Waals surface area contributed by atoms with E-state index in [0.717, 1.165) is 25.1 Å². The molecular formula is C14H25N3O2. The summed E-state index contributed by atoms with van der Waals surface area (Å²) < 4.78 is 6.72. The van der Waals surface area contributed by atoms with Crippen molar-refractivity contribution in [2.24, 2.45) is 5.92 Å². The summed E-state index contributed by atoms with van der Waals surface area (Å²) in [5.41, 5.74) is 6.34. The van der Waals surface area contributed by atoms with Crippen molar-refractivity contribution in [3.05, 3.63) is 11.5 Å². The van der Waals surface area contributed by atoms with Crippen LogP contribution in [0.15, 0.2) is 0 Å². The molecule has 0 bridgehead atoms. The second-order valence-corrected chi connectivity index (χ2v) is 4.79. The van der Waals surface area contributed by atoms with Gasteiger partial charge in [-0.15, -0.1) is 0 Å². The Morgan fingerprint density at radius 1 is 1.37 bits per heavy atom. The highest BCUT2D eigenvalue weighted by atomic mass is 16.5. The molecule has 108 valence electrons. The van der Waals surface area contributed by atoms with E-state index >= 15 is 0 Å². The Labute approximate surface area is 115 Å². The lowest BCUT2D eigenvalue weighted by molar-refractivity contribution is 0.0595. The van der Waals surface area contributed by atoms with Gasteiger partial charge < -0.3 is 15.0 Å². The van der Waals surface area contributed by atoms with Crippen molar-refractivity contribution >= 4 is 11.8 Å². The van der Waals surface area contributed by atoms with E-state index in [1.165, 1.54) is 7.11 Å². The van der Waals surface area contributed by atoms with E-state index in [2.05, 4.69) is 25.8 Å². The number of carbonyl (C=O) groups excluding carboxylic acids is 1. The fourth-order valence-electron chi connectivity index (χ4n) is 2.63. The summed E-state index contributed by atoms with van der Waals surface area (Å²) in [6.07, 6.45) is 2.89. The highest BCUT2D eigenvalue weighted by Crippen LogP contribution is 2.30. The van der Waals surface area contributed by atoms with Crippen molar-refractivity contribution in [2.45, 2.75) is 53.0 Å². The number of nitrogen functional groups attached to an aromatic ring is 1. The van der Waals surface area contributed by atoms with Crippen LogP contribution < -0.4 is 5.73 Å². The maximum atomic E-state index is 11.7. The van der Waals surface area contributed by atoms with Crippen LogP contribution in [-0.2, 0) is 11.2 Å². The second-order valence-electron chi connectivity index (χ2n) is 4.79. The van der Waals surface area contributed by atoms with Gasteiger partial charge in [0.05, 0.1) is 7.11 Å². The topological polar surface area (TPSA) is 70.1 Å². The summed E-state index contributed by atoms with van der Waals surface area (Å²) >= 11 is 0. The molecular weight excluding hydrogens is 242 g/mol. The number of esters is 1. The number of nitrogens with two attached hydrogens (primary N) is 1. The van der Waals surface area contributed by atoms with Crippen molar-refractivity contribution in [3.8, 4) is 0 Å². The van der Waals surface area contributed by atoms with E-state index in [9.17, 15) is 4.79 Å². The SMILES string of the molecule is CCc1nc(C(=O)OC)c(N)n1C(C)C(CC)CC. The monoisotopic (exact) mass is 267 g/mol. The van der Waals surface area contributed by atoms with Crippen LogP contribution >= 0.6 is 0 Å². The zero-order chi connectivity index (χ0) is 14.6. The van der Waals surface area contributed by atoms with Gasteiger partial charge >= 0.3 is 5.97 Å². The predicted octanol–water partition coefficient (Wildman–Crippen LogP) is 2.81. The first kappa shape index (κ1) is 15.5. The molecule has 0 saturated heterocycles. The third kappa shape index (κ3) is 2.91. The average Bonchev–Trinajstić information content (AvgIpc) is 2.75. The van der Waals surface area contributed by atoms with E-state index < -0.39 is 5.97 Å². The Balaban J connectivity index is 3.26. The molecule has 5 nitrogen and oxygen atoms in total. The molecule has 0 amide bonds. The minimum absolute atomic E-state index is 0.232. The molecule has 0 spiro atoms. The predicted molar refractivity (Wildman–Crippen MR) is 76.1 cm³/mol. The lowest BCUT2D eigenvalue weighted by Gasteiger charge is -2.25. The summed E-state index contributed by atoms with van der Waals surface area (Å²) in [7, 11) is 1.34. The number of methoxy groups -OCH3 is 1. The minimum Gasteiger partial charge on any atom is -0.464 e. The standard InChI is InChI=1S/C14H25N3O2/c1-6-10(7-2)9(4)17-11(8-3)16-12(13(17)15)14(18)19-5/h9-10H,6-8,15H2,1-5H3. The van der Waals surface area contributed by atoms with Gasteiger partial charge in [0.25, 0.3) is 0 Å². The number of imidazole rings is 1. The summed E-state index contributed by atoms with van der Waals surface area (Å²) in [6.45, 7) is 8.49. The summed E-state index contributed by atoms with van der Waals surface area (Å²) in [4.78, 5) is 16.0. The van der Waals surface area contributed by atoms with Gasteiger partial charge in [0.2, 0.25) is 0 Å². The first-order valence-corrected chi connectivity index (χ1v) is 6.96. The van der Waals surface area contributed by atoms with Crippen LogP contribution in [-0.4, -0.2) is 22.6 Å². The van der Waals surface area contributed by atoms with Crippen molar-refractivity contribution in [1.82, 2.24) is 9.55 Å². The minimum atomic E-state index is -0.470. The van der Waals surface area contributed by atoms with Crippen LogP contribution in [0.1, 0.15) is 62.9 Å². The van der Waals surface area contributed by atoms with Crippen LogP contribution in [0.25, 0.3) is 0 Å². The number of nitrogens with zero attached hydrogens (tertiary/aromatic N) is 2. The van der Waals surface area contributed by atoms with Gasteiger partial charge in [0.1, 0.15) is 11.6 Å². The molecule has 0 aliphatic heterocycles. The van der Waals surface area contributed by atoms with Crippen LogP contribution in [0.5, 0.6) is 0 Å². The van der Waals surface area contributed by atoms with E-state index in [1.54, 1.807) is 0 Å². The number of hydrogen-bond acceptors (Lipinski definition) is 4. The van der Waals surface area contributed by atoms with Crippen molar-refractivity contribution in [2.75, 3.05) is 12.8 Å². The number of rotatable bonds is 6. The van der Waals surface area contributed by atoms with Gasteiger partial charge in [-0.25, -0.2) is 9.78 Å². The summed E-state index contributed by atoms with van der Waals surface area (Å²) in [6, 6.07) is 0.232. The molecule has 0 aromatic carbocycles. The van der Waals surface area contributed by atoms with Gasteiger partial charge in [-0.2, -0.15) is 0 Å². The third-order valence-electron chi connectivity index (χ3n) is 3.85. The fourth-order valence-corrected chi connectivity index (χ4v) is 2.63. The quantitative estimate of drug-likeness (QED) is 0.805. The van der Waals surface area contributed by atoms with E-state index in [4.69, 9.17) is 10.5 Å². The lowest BCUT2D eigenvalue weighted by atomic mass is 9.95. The Hall–Kier alpha value is -1.52. The maximum absolute atomic E-state index is 11.7. The number of aryl methyl sites for hydroxylation is 1. The molecule has 5 heteroatoms. The Morgan fingerprint density at radius 3 is 2.37 bits per heavy atom. The normalized spacial score (nSPS) is 12.7. The van der Waals surface area contributed by atoms with Crippen molar-refractivity contribution in [3.63, 3.8) is 0 Å². The number of anilines is 1. The molecule has 2 N–H and O–H groups in total. The molecule has 1 atom stereocenters. The first-order chi connectivity index (χ1) is 9.01. The molecule has 1 unspecified atom stereocenters. The Kier molecular flexibility index (Phi) is 5.39. The number of carbonyl (C=O) groups is 1. The van der Waals surface area contributed by atoms with Crippen molar-refractivity contribution < 1.29 is 9.53 Å². The van der Waals surface area contributed by atoms with E-state index in [1.807, 2.05) is 11.5 Å². The zero-order valence-electron chi connectivity index (χ0n) is 12.6. The molecule has 1 heterocycles. The number of ether oxygens (including phenoxy) is 1. The lowest BCUT2D eigenvalue weighted by Crippen LogP contribution is -2.19. The highest BCUT2D eigenvalue weighted by molar-refractivity contribution is 5.92. The number of aromatic nitrogens is 2. The molecule has 0 fully saturated rings. The maximum Gasteiger partial charge on any atom is 0.360 e. The molecule has 0 saturated carbocycles. The molecule has 1 aromatic heterocycles. The first-order valence-electron chi connectivity index (χ1n) is 6.96. The van der Waals surface area contributed by atoms with E-state index in [0.29, 0.717) is 11.7 Å². The smallest absolute Gasteiger partial charge is 0.360 e. The average molecular weight is 267 g/mol. The van der Waals surface area contributed by atoms with Crippen LogP contribution in [0.2, 0.25) is 0 Å². The van der Waals surface area contributed by atoms with Gasteiger partial charge in [0, 0.05) is 12.5 Å². The van der Waals surface area contributed by atoms with Crippen LogP contribution in [0.4, 0.5) is 5.82 Å². The third-order valence-corrected chi connectivity index (χ3v) is 3.85. The van der Waals surface area contributed by atoms with Crippen molar-refractivity contribution in [1.29, 1.82) is 0 Å². The number of hydrogen-bond donors (Lipinski definition) is 1. The molecule has 0 aliphatic rings. The van der Waals surface area contributed by atoms with Gasteiger partial charge in [-0.3, -0.25) is 0 Å². The molecule has 0 aliphatic carbocycles. The van der Waals surface area contributed by atoms with Gasteiger partial charge in [-0.1, -0.05) is 33.6 Å². The second kappa shape index (κ2) is 6.59. The van der Waals surface area contributed by atoms with Crippen LogP contribution in [0, 0.1) is 5.92 Å². The van der Waals surface area contributed by atoms with Crippen LogP contribution in [0.3, 0.4) is 0 Å². The molecule has 1 rings (SSSR count). The summed E-state index contributed by atoms with van der Waals surface area (Å²) in [5.74, 6) is 1.32. The Bertz CT molecular complexity index is 436. The molecule has 19 heavy (non-hydrogen) atoms. The summed E-state index contributed by atoms with van der Waals surface area (Å²) in [5, 5.41) is 0.